The first-order valence-electron chi connectivity index (χ1n) is 4.19. The quantitative estimate of drug-likeness (QED) is 0.638. The number of hydrogen-bond acceptors (Lipinski definition) is 4. The number of rotatable bonds is 1. The Kier molecular flexibility index (Phi) is 3.72. The lowest BCUT2D eigenvalue weighted by Gasteiger charge is -2.10. The molecule has 14 heavy (non-hydrogen) atoms. The second-order valence-corrected chi connectivity index (χ2v) is 2.39. The predicted molar refractivity (Wildman–Crippen MR) is 51.6 cm³/mol. The standard InChI is InChI=1S/C9H12N2O3/c1-3-14-9(12)11-6-4-8(13-2)10-5-7-11/h4-7H,3H2,1-2H3. The molecule has 0 saturated carbocycles. The van der Waals surface area contributed by atoms with Gasteiger partial charge in [-0.2, -0.15) is 0 Å². The molecule has 1 amide bonds. The SMILES string of the molecule is CCOC(=O)N1C=CN=C(OC)C=C1. The van der Waals surface area contributed by atoms with E-state index in [1.165, 1.54) is 30.6 Å². The van der Waals surface area contributed by atoms with E-state index in [1.54, 1.807) is 13.0 Å². The number of aliphatic imine (C=N–C) groups is 1. The van der Waals surface area contributed by atoms with Crippen molar-refractivity contribution in [3.63, 3.8) is 0 Å². The van der Waals surface area contributed by atoms with Crippen LogP contribution >= 0.6 is 0 Å². The summed E-state index contributed by atoms with van der Waals surface area (Å²) in [6.07, 6.45) is 5.64. The minimum Gasteiger partial charge on any atom is -0.481 e. The van der Waals surface area contributed by atoms with Gasteiger partial charge in [-0.15, -0.1) is 0 Å². The van der Waals surface area contributed by atoms with Gasteiger partial charge in [-0.1, -0.05) is 0 Å². The number of carbonyl (C=O) groups excluding carboxylic acids is 1. The summed E-state index contributed by atoms with van der Waals surface area (Å²) in [5.74, 6) is 0.438. The number of amides is 1. The van der Waals surface area contributed by atoms with Crippen LogP contribution in [0.25, 0.3) is 0 Å². The molecule has 0 fully saturated rings. The van der Waals surface area contributed by atoms with Crippen LogP contribution in [0.5, 0.6) is 0 Å². The van der Waals surface area contributed by atoms with Crippen LogP contribution in [0.15, 0.2) is 29.7 Å². The number of carbonyl (C=O) groups is 1. The molecule has 0 aliphatic carbocycles. The van der Waals surface area contributed by atoms with Gasteiger partial charge in [-0.05, 0) is 6.92 Å². The summed E-state index contributed by atoms with van der Waals surface area (Å²) in [6, 6.07) is 0. The fourth-order valence-electron chi connectivity index (χ4n) is 0.856. The second-order valence-electron chi connectivity index (χ2n) is 2.39. The van der Waals surface area contributed by atoms with Crippen LogP contribution in [0, 0.1) is 0 Å². The van der Waals surface area contributed by atoms with Crippen molar-refractivity contribution in [2.45, 2.75) is 6.92 Å². The van der Waals surface area contributed by atoms with E-state index < -0.39 is 6.09 Å². The van der Waals surface area contributed by atoms with Crippen LogP contribution in [0.2, 0.25) is 0 Å². The van der Waals surface area contributed by atoms with E-state index in [9.17, 15) is 4.79 Å². The minimum atomic E-state index is -0.437. The highest BCUT2D eigenvalue weighted by Gasteiger charge is 2.09. The highest BCUT2D eigenvalue weighted by atomic mass is 16.6. The molecule has 0 aromatic heterocycles. The molecule has 0 N–H and O–H groups in total. The minimum absolute atomic E-state index is 0.342. The third kappa shape index (κ3) is 2.62. The third-order valence-corrected chi connectivity index (χ3v) is 1.49. The zero-order valence-electron chi connectivity index (χ0n) is 8.14. The van der Waals surface area contributed by atoms with Crippen molar-refractivity contribution < 1.29 is 14.3 Å². The summed E-state index contributed by atoms with van der Waals surface area (Å²) in [4.78, 5) is 16.5. The fraction of sp³-hybridized carbons (Fsp3) is 0.333. The Morgan fingerprint density at radius 2 is 2.36 bits per heavy atom. The van der Waals surface area contributed by atoms with Gasteiger partial charge in [0.15, 0.2) is 0 Å². The summed E-state index contributed by atoms with van der Waals surface area (Å²) in [6.45, 7) is 2.09. The lowest BCUT2D eigenvalue weighted by Crippen LogP contribution is -2.20. The van der Waals surface area contributed by atoms with Gasteiger partial charge in [0.25, 0.3) is 0 Å². The summed E-state index contributed by atoms with van der Waals surface area (Å²) in [7, 11) is 1.51. The van der Waals surface area contributed by atoms with E-state index in [2.05, 4.69) is 4.99 Å². The Morgan fingerprint density at radius 3 is 3.00 bits per heavy atom. The second kappa shape index (κ2) is 5.06. The molecule has 0 radical (unpaired) electrons. The summed E-state index contributed by atoms with van der Waals surface area (Å²) in [5, 5.41) is 0. The lowest BCUT2D eigenvalue weighted by atomic mass is 10.6. The molecule has 1 aliphatic rings. The molecular formula is C9H12N2O3. The molecule has 0 atom stereocenters. The van der Waals surface area contributed by atoms with Crippen molar-refractivity contribution in [2.75, 3.05) is 13.7 Å². The van der Waals surface area contributed by atoms with Crippen molar-refractivity contribution in [1.29, 1.82) is 0 Å². The maximum atomic E-state index is 11.3. The van der Waals surface area contributed by atoms with Crippen LogP contribution < -0.4 is 0 Å². The Bertz CT molecular complexity index is 294. The van der Waals surface area contributed by atoms with Gasteiger partial charge in [0.05, 0.1) is 13.7 Å². The van der Waals surface area contributed by atoms with Crippen LogP contribution in [0.3, 0.4) is 0 Å². The van der Waals surface area contributed by atoms with E-state index in [4.69, 9.17) is 9.47 Å². The van der Waals surface area contributed by atoms with E-state index in [0.29, 0.717) is 12.5 Å². The molecule has 0 aromatic rings. The van der Waals surface area contributed by atoms with Gasteiger partial charge in [0, 0.05) is 24.7 Å². The van der Waals surface area contributed by atoms with Crippen LogP contribution in [0.1, 0.15) is 6.92 Å². The number of hydrogen-bond donors (Lipinski definition) is 0. The number of ether oxygens (including phenoxy) is 2. The molecule has 1 aliphatic heterocycles. The zero-order chi connectivity index (χ0) is 10.4. The molecule has 1 heterocycles. The van der Waals surface area contributed by atoms with Crippen molar-refractivity contribution in [2.24, 2.45) is 4.99 Å². The Labute approximate surface area is 82.3 Å². The molecular weight excluding hydrogens is 184 g/mol. The van der Waals surface area contributed by atoms with E-state index in [-0.39, 0.29) is 0 Å². The molecule has 5 heteroatoms. The summed E-state index contributed by atoms with van der Waals surface area (Å²) >= 11 is 0. The average molecular weight is 196 g/mol. The Balaban J connectivity index is 2.65. The van der Waals surface area contributed by atoms with E-state index >= 15 is 0 Å². The molecule has 0 spiro atoms. The first-order chi connectivity index (χ1) is 6.77. The predicted octanol–water partition coefficient (Wildman–Crippen LogP) is 1.49. The molecule has 0 aromatic carbocycles. The van der Waals surface area contributed by atoms with E-state index in [0.717, 1.165) is 0 Å². The number of methoxy groups -OCH3 is 1. The van der Waals surface area contributed by atoms with Crippen molar-refractivity contribution in [3.05, 3.63) is 24.7 Å². The fourth-order valence-corrected chi connectivity index (χ4v) is 0.856. The number of nitrogens with zero attached hydrogens (tertiary/aromatic N) is 2. The topological polar surface area (TPSA) is 51.1 Å². The normalized spacial score (nSPS) is 14.7. The van der Waals surface area contributed by atoms with Crippen LogP contribution in [0.4, 0.5) is 4.79 Å². The summed E-state index contributed by atoms with van der Waals surface area (Å²) in [5.41, 5.74) is 0. The lowest BCUT2D eigenvalue weighted by molar-refractivity contribution is 0.133. The van der Waals surface area contributed by atoms with Gasteiger partial charge in [0.1, 0.15) is 0 Å². The van der Waals surface area contributed by atoms with Crippen molar-refractivity contribution in [3.8, 4) is 0 Å². The highest BCUT2D eigenvalue weighted by molar-refractivity contribution is 5.89. The largest absolute Gasteiger partial charge is 0.481 e. The summed E-state index contributed by atoms with van der Waals surface area (Å²) < 4.78 is 9.69. The first-order valence-corrected chi connectivity index (χ1v) is 4.19. The molecule has 0 saturated heterocycles. The van der Waals surface area contributed by atoms with E-state index in [1.807, 2.05) is 0 Å². The molecule has 0 unspecified atom stereocenters. The van der Waals surface area contributed by atoms with Crippen LogP contribution in [-0.4, -0.2) is 30.6 Å². The maximum Gasteiger partial charge on any atom is 0.417 e. The smallest absolute Gasteiger partial charge is 0.417 e. The van der Waals surface area contributed by atoms with Gasteiger partial charge < -0.3 is 9.47 Å². The van der Waals surface area contributed by atoms with Crippen LogP contribution in [-0.2, 0) is 9.47 Å². The maximum absolute atomic E-state index is 11.3. The Hall–Kier alpha value is -1.78. The molecule has 1 rings (SSSR count). The van der Waals surface area contributed by atoms with Crippen molar-refractivity contribution in [1.82, 2.24) is 4.90 Å². The monoisotopic (exact) mass is 196 g/mol. The van der Waals surface area contributed by atoms with Gasteiger partial charge in [0.2, 0.25) is 5.90 Å². The zero-order valence-corrected chi connectivity index (χ0v) is 8.14. The van der Waals surface area contributed by atoms with Gasteiger partial charge >= 0.3 is 6.09 Å². The molecule has 5 nitrogen and oxygen atoms in total. The molecule has 0 bridgehead atoms. The highest BCUT2D eigenvalue weighted by Crippen LogP contribution is 2.02. The first kappa shape index (κ1) is 10.3. The Morgan fingerprint density at radius 1 is 1.57 bits per heavy atom. The van der Waals surface area contributed by atoms with Gasteiger partial charge in [-0.25, -0.2) is 9.79 Å². The molecule has 76 valence electrons. The van der Waals surface area contributed by atoms with Gasteiger partial charge in [-0.3, -0.25) is 4.90 Å². The average Bonchev–Trinajstić information content (AvgIpc) is 2.42. The third-order valence-electron chi connectivity index (χ3n) is 1.49. The van der Waals surface area contributed by atoms with Crippen molar-refractivity contribution >= 4 is 12.0 Å².